The van der Waals surface area contributed by atoms with Crippen LogP contribution in [-0.2, 0) is 6.54 Å². The average Bonchev–Trinajstić information content (AvgIpc) is 3.36. The third-order valence-electron chi connectivity index (χ3n) is 4.23. The largest absolute Gasteiger partial charge is 0.456 e. The number of halogens is 1. The minimum atomic E-state index is -0.0545. The van der Waals surface area contributed by atoms with E-state index in [1.807, 2.05) is 30.0 Å². The summed E-state index contributed by atoms with van der Waals surface area (Å²) >= 11 is 5.00. The lowest BCUT2D eigenvalue weighted by atomic mass is 10.3. The number of rotatable bonds is 4. The van der Waals surface area contributed by atoms with Gasteiger partial charge in [0.05, 0.1) is 15.2 Å². The molecule has 1 fully saturated rings. The van der Waals surface area contributed by atoms with Crippen LogP contribution >= 0.6 is 27.3 Å². The Morgan fingerprint density at radius 3 is 2.69 bits per heavy atom. The van der Waals surface area contributed by atoms with Gasteiger partial charge in [-0.1, -0.05) is 5.16 Å². The average molecular weight is 437 g/mol. The monoisotopic (exact) mass is 436 g/mol. The highest BCUT2D eigenvalue weighted by Crippen LogP contribution is 2.29. The van der Waals surface area contributed by atoms with Crippen molar-refractivity contribution in [1.82, 2.24) is 19.9 Å². The molecule has 0 bridgehead atoms. The molecular formula is C17H17BrN4O3S. The summed E-state index contributed by atoms with van der Waals surface area (Å²) in [6, 6.07) is 7.46. The first-order valence-electron chi connectivity index (χ1n) is 8.25. The maximum atomic E-state index is 12.4. The molecule has 26 heavy (non-hydrogen) atoms. The third kappa shape index (κ3) is 3.74. The number of aromatic nitrogens is 2. The van der Waals surface area contributed by atoms with Gasteiger partial charge in [-0.3, -0.25) is 9.69 Å². The van der Waals surface area contributed by atoms with Crippen LogP contribution in [0.2, 0.25) is 0 Å². The number of carbonyl (C=O) groups is 1. The Hall–Kier alpha value is -1.97. The van der Waals surface area contributed by atoms with Crippen molar-refractivity contribution in [3.63, 3.8) is 0 Å². The zero-order valence-corrected chi connectivity index (χ0v) is 16.5. The van der Waals surface area contributed by atoms with Crippen LogP contribution in [0.4, 0.5) is 0 Å². The summed E-state index contributed by atoms with van der Waals surface area (Å²) in [7, 11) is 0. The summed E-state index contributed by atoms with van der Waals surface area (Å²) in [4.78, 5) is 21.9. The normalized spacial score (nSPS) is 15.5. The van der Waals surface area contributed by atoms with E-state index in [4.69, 9.17) is 8.94 Å². The number of piperazine rings is 1. The van der Waals surface area contributed by atoms with Crippen LogP contribution in [0.15, 0.2) is 37.0 Å². The van der Waals surface area contributed by atoms with E-state index in [-0.39, 0.29) is 5.91 Å². The maximum absolute atomic E-state index is 12.4. The summed E-state index contributed by atoms with van der Waals surface area (Å²) < 4.78 is 11.8. The first-order valence-corrected chi connectivity index (χ1v) is 9.86. The molecule has 1 saturated heterocycles. The van der Waals surface area contributed by atoms with Crippen molar-refractivity contribution in [2.45, 2.75) is 13.5 Å². The molecule has 0 N–H and O–H groups in total. The van der Waals surface area contributed by atoms with Crippen molar-refractivity contribution in [1.29, 1.82) is 0 Å². The molecule has 3 aromatic heterocycles. The van der Waals surface area contributed by atoms with Crippen molar-refractivity contribution in [3.05, 3.63) is 45.5 Å². The van der Waals surface area contributed by atoms with Crippen LogP contribution in [0.1, 0.15) is 22.2 Å². The molecule has 0 aliphatic carbocycles. The van der Waals surface area contributed by atoms with Gasteiger partial charge in [0.25, 0.3) is 5.91 Å². The minimum absolute atomic E-state index is 0.0545. The van der Waals surface area contributed by atoms with Crippen LogP contribution in [0, 0.1) is 6.92 Å². The topological polar surface area (TPSA) is 75.6 Å². The maximum Gasteiger partial charge on any atom is 0.289 e. The molecule has 1 amide bonds. The molecular weight excluding hydrogens is 420 g/mol. The second kappa shape index (κ2) is 7.34. The van der Waals surface area contributed by atoms with Crippen molar-refractivity contribution < 1.29 is 13.7 Å². The van der Waals surface area contributed by atoms with Crippen molar-refractivity contribution in [2.75, 3.05) is 26.2 Å². The molecule has 0 saturated carbocycles. The quantitative estimate of drug-likeness (QED) is 0.623. The molecule has 9 heteroatoms. The number of amides is 1. The molecule has 0 spiro atoms. The SMILES string of the molecule is Cc1ccc(C(=O)N2CCN(Cc3nc(-c4ccc(Br)s4)no3)CC2)o1. The first-order chi connectivity index (χ1) is 12.6. The van der Waals surface area contributed by atoms with E-state index >= 15 is 0 Å². The summed E-state index contributed by atoms with van der Waals surface area (Å²) in [6.45, 7) is 5.24. The Morgan fingerprint density at radius 1 is 1.23 bits per heavy atom. The summed E-state index contributed by atoms with van der Waals surface area (Å²) in [5.74, 6) is 2.29. The molecule has 1 aliphatic rings. The lowest BCUT2D eigenvalue weighted by Crippen LogP contribution is -2.48. The highest BCUT2D eigenvalue weighted by Gasteiger charge is 2.25. The smallest absolute Gasteiger partial charge is 0.289 e. The van der Waals surface area contributed by atoms with E-state index in [0.717, 1.165) is 27.5 Å². The number of furan rings is 1. The highest BCUT2D eigenvalue weighted by atomic mass is 79.9. The van der Waals surface area contributed by atoms with Crippen molar-refractivity contribution in [2.24, 2.45) is 0 Å². The molecule has 4 heterocycles. The Labute approximate surface area is 162 Å². The number of aryl methyl sites for hydroxylation is 1. The van der Waals surface area contributed by atoms with Gasteiger partial charge < -0.3 is 13.8 Å². The lowest BCUT2D eigenvalue weighted by molar-refractivity contribution is 0.0583. The molecule has 1 aliphatic heterocycles. The number of hydrogen-bond donors (Lipinski definition) is 0. The van der Waals surface area contributed by atoms with E-state index in [1.165, 1.54) is 0 Å². The Balaban J connectivity index is 1.33. The molecule has 4 rings (SSSR count). The van der Waals surface area contributed by atoms with Gasteiger partial charge in [0.1, 0.15) is 5.76 Å². The van der Waals surface area contributed by atoms with Crippen molar-refractivity contribution in [3.8, 4) is 10.7 Å². The number of carbonyl (C=O) groups excluding carboxylic acids is 1. The zero-order valence-electron chi connectivity index (χ0n) is 14.1. The second-order valence-electron chi connectivity index (χ2n) is 6.09. The van der Waals surface area contributed by atoms with Gasteiger partial charge in [-0.05, 0) is 47.1 Å². The van der Waals surface area contributed by atoms with E-state index in [9.17, 15) is 4.79 Å². The number of hydrogen-bond acceptors (Lipinski definition) is 7. The summed E-state index contributed by atoms with van der Waals surface area (Å²) in [5.41, 5.74) is 0. The van der Waals surface area contributed by atoms with Gasteiger partial charge >= 0.3 is 0 Å². The summed E-state index contributed by atoms with van der Waals surface area (Å²) in [5, 5.41) is 4.05. The number of thiophene rings is 1. The first kappa shape index (κ1) is 17.4. The lowest BCUT2D eigenvalue weighted by Gasteiger charge is -2.33. The molecule has 0 atom stereocenters. The van der Waals surface area contributed by atoms with Gasteiger partial charge in [0.2, 0.25) is 11.7 Å². The Kier molecular flexibility index (Phi) is 4.92. The second-order valence-corrected chi connectivity index (χ2v) is 8.56. The van der Waals surface area contributed by atoms with Gasteiger partial charge in [0.15, 0.2) is 5.76 Å². The van der Waals surface area contributed by atoms with Gasteiger partial charge in [-0.25, -0.2) is 0 Å². The third-order valence-corrected chi connectivity index (χ3v) is 5.85. The predicted molar refractivity (Wildman–Crippen MR) is 99.9 cm³/mol. The minimum Gasteiger partial charge on any atom is -0.456 e. The van der Waals surface area contributed by atoms with Crippen molar-refractivity contribution >= 4 is 33.2 Å². The predicted octanol–water partition coefficient (Wildman–Crippen LogP) is 3.42. The van der Waals surface area contributed by atoms with Gasteiger partial charge in [-0.2, -0.15) is 4.98 Å². The standard InChI is InChI=1S/C17H17BrN4O3S/c1-11-2-3-12(24-11)17(23)22-8-6-21(7-9-22)10-15-19-16(20-25-15)13-4-5-14(18)26-13/h2-5H,6-10H2,1H3. The highest BCUT2D eigenvalue weighted by molar-refractivity contribution is 9.11. The summed E-state index contributed by atoms with van der Waals surface area (Å²) in [6.07, 6.45) is 0. The zero-order chi connectivity index (χ0) is 18.1. The number of nitrogens with zero attached hydrogens (tertiary/aromatic N) is 4. The molecule has 3 aromatic rings. The fraction of sp³-hybridized carbons (Fsp3) is 0.353. The fourth-order valence-electron chi connectivity index (χ4n) is 2.86. The van der Waals surface area contributed by atoms with Crippen LogP contribution in [0.25, 0.3) is 10.7 Å². The van der Waals surface area contributed by atoms with Crippen LogP contribution < -0.4 is 0 Å². The van der Waals surface area contributed by atoms with E-state index < -0.39 is 0 Å². The molecule has 136 valence electrons. The molecule has 0 unspecified atom stereocenters. The van der Waals surface area contributed by atoms with Crippen LogP contribution in [0.5, 0.6) is 0 Å². The van der Waals surface area contributed by atoms with Gasteiger partial charge in [-0.15, -0.1) is 11.3 Å². The van der Waals surface area contributed by atoms with E-state index in [0.29, 0.717) is 37.1 Å². The van der Waals surface area contributed by atoms with Crippen LogP contribution in [0.3, 0.4) is 0 Å². The van der Waals surface area contributed by atoms with Gasteiger partial charge in [0, 0.05) is 26.2 Å². The van der Waals surface area contributed by atoms with Crippen LogP contribution in [-0.4, -0.2) is 52.0 Å². The van der Waals surface area contributed by atoms with E-state index in [1.54, 1.807) is 17.4 Å². The molecule has 0 aromatic carbocycles. The van der Waals surface area contributed by atoms with E-state index in [2.05, 4.69) is 31.0 Å². The fourth-order valence-corrected chi connectivity index (χ4v) is 4.17. The Morgan fingerprint density at radius 2 is 2.04 bits per heavy atom. The molecule has 7 nitrogen and oxygen atoms in total. The Bertz CT molecular complexity index is 911. The molecule has 0 radical (unpaired) electrons.